The van der Waals surface area contributed by atoms with Crippen molar-refractivity contribution in [2.75, 3.05) is 25.0 Å². The van der Waals surface area contributed by atoms with Crippen molar-refractivity contribution < 1.29 is 4.79 Å². The highest BCUT2D eigenvalue weighted by atomic mass is 16.2. The van der Waals surface area contributed by atoms with Crippen LogP contribution in [0.1, 0.15) is 25.0 Å². The molecule has 0 fully saturated rings. The Kier molecular flexibility index (Phi) is 8.70. The van der Waals surface area contributed by atoms with E-state index in [2.05, 4.69) is 24.1 Å². The molecule has 0 heterocycles. The van der Waals surface area contributed by atoms with Gasteiger partial charge in [0.2, 0.25) is 5.91 Å². The van der Waals surface area contributed by atoms with Gasteiger partial charge in [0.05, 0.1) is 6.54 Å². The lowest BCUT2D eigenvalue weighted by Crippen LogP contribution is -2.33. The van der Waals surface area contributed by atoms with Crippen molar-refractivity contribution in [3.8, 4) is 0 Å². The summed E-state index contributed by atoms with van der Waals surface area (Å²) in [6, 6.07) is 18.0. The molecule has 0 aliphatic carbocycles. The summed E-state index contributed by atoms with van der Waals surface area (Å²) in [5.74, 6) is 0.0612. The van der Waals surface area contributed by atoms with Gasteiger partial charge in [-0.05, 0) is 38.1 Å². The van der Waals surface area contributed by atoms with Gasteiger partial charge in [0, 0.05) is 5.69 Å². The van der Waals surface area contributed by atoms with E-state index in [-0.39, 0.29) is 5.91 Å². The lowest BCUT2D eigenvalue weighted by atomic mass is 10.1. The standard InChI is InChI=1S/C14H22N2O.C6H6/c1-5-16(6-2)10-13(17)15-14-11(3)8-7-9-12(14)4;1-2-4-6-5-3-1/h7-9H,5-6,10H2,1-4H3,(H,15,17);1-6H. The Morgan fingerprint density at radius 2 is 1.30 bits per heavy atom. The summed E-state index contributed by atoms with van der Waals surface area (Å²) in [5, 5.41) is 3.00. The zero-order valence-corrected chi connectivity index (χ0v) is 14.7. The number of nitrogens with one attached hydrogen (secondary N) is 1. The SMILES string of the molecule is CCN(CC)CC(=O)Nc1c(C)cccc1C.c1ccccc1. The van der Waals surface area contributed by atoms with Crippen LogP contribution in [0.15, 0.2) is 54.6 Å². The minimum Gasteiger partial charge on any atom is -0.324 e. The van der Waals surface area contributed by atoms with Crippen LogP contribution in [0.5, 0.6) is 0 Å². The quantitative estimate of drug-likeness (QED) is 0.894. The molecule has 2 aromatic rings. The Labute approximate surface area is 140 Å². The zero-order chi connectivity index (χ0) is 17.1. The largest absolute Gasteiger partial charge is 0.324 e. The van der Waals surface area contributed by atoms with Crippen molar-refractivity contribution in [1.82, 2.24) is 4.90 Å². The van der Waals surface area contributed by atoms with Crippen LogP contribution in [0.25, 0.3) is 0 Å². The van der Waals surface area contributed by atoms with Gasteiger partial charge in [-0.2, -0.15) is 0 Å². The fourth-order valence-corrected chi connectivity index (χ4v) is 2.23. The number of carbonyl (C=O) groups is 1. The molecule has 0 radical (unpaired) electrons. The molecule has 0 aliphatic heterocycles. The predicted octanol–water partition coefficient (Wildman–Crippen LogP) is 4.27. The van der Waals surface area contributed by atoms with Gasteiger partial charge in [0.1, 0.15) is 0 Å². The average molecular weight is 312 g/mol. The van der Waals surface area contributed by atoms with Crippen LogP contribution >= 0.6 is 0 Å². The molecule has 0 spiro atoms. The highest BCUT2D eigenvalue weighted by Gasteiger charge is 2.09. The van der Waals surface area contributed by atoms with Crippen molar-refractivity contribution in [3.05, 3.63) is 65.7 Å². The predicted molar refractivity (Wildman–Crippen MR) is 98.8 cm³/mol. The fourth-order valence-electron chi connectivity index (χ4n) is 2.23. The van der Waals surface area contributed by atoms with Gasteiger partial charge in [-0.1, -0.05) is 68.4 Å². The number of rotatable bonds is 5. The first-order valence-corrected chi connectivity index (χ1v) is 8.16. The maximum Gasteiger partial charge on any atom is 0.238 e. The minimum absolute atomic E-state index is 0.0612. The summed E-state index contributed by atoms with van der Waals surface area (Å²) in [6.45, 7) is 10.4. The Morgan fingerprint density at radius 1 is 0.870 bits per heavy atom. The first kappa shape index (κ1) is 18.9. The number of carbonyl (C=O) groups excluding carboxylic acids is 1. The van der Waals surface area contributed by atoms with Crippen molar-refractivity contribution in [2.24, 2.45) is 0 Å². The molecule has 3 nitrogen and oxygen atoms in total. The Morgan fingerprint density at radius 3 is 1.70 bits per heavy atom. The Bertz CT molecular complexity index is 530. The first-order chi connectivity index (χ1) is 11.1. The third kappa shape index (κ3) is 7.11. The second-order valence-corrected chi connectivity index (χ2v) is 5.43. The van der Waals surface area contributed by atoms with Gasteiger partial charge in [0.25, 0.3) is 0 Å². The third-order valence-corrected chi connectivity index (χ3v) is 3.67. The molecule has 0 saturated heterocycles. The smallest absolute Gasteiger partial charge is 0.238 e. The summed E-state index contributed by atoms with van der Waals surface area (Å²) in [7, 11) is 0. The van der Waals surface area contributed by atoms with E-state index >= 15 is 0 Å². The molecule has 2 rings (SSSR count). The number of amides is 1. The normalized spacial score (nSPS) is 9.96. The Hall–Kier alpha value is -2.13. The molecule has 0 unspecified atom stereocenters. The summed E-state index contributed by atoms with van der Waals surface area (Å²) in [5.41, 5.74) is 3.17. The second-order valence-electron chi connectivity index (χ2n) is 5.43. The van der Waals surface area contributed by atoms with Crippen LogP contribution in [-0.4, -0.2) is 30.4 Å². The van der Waals surface area contributed by atoms with Gasteiger partial charge in [-0.25, -0.2) is 0 Å². The van der Waals surface area contributed by atoms with Crippen molar-refractivity contribution >= 4 is 11.6 Å². The molecule has 0 bridgehead atoms. The van der Waals surface area contributed by atoms with Crippen molar-refractivity contribution in [1.29, 1.82) is 0 Å². The molecule has 3 heteroatoms. The van der Waals surface area contributed by atoms with E-state index in [9.17, 15) is 4.79 Å². The number of likely N-dealkylation sites (N-methyl/N-ethyl adjacent to an activating group) is 1. The van der Waals surface area contributed by atoms with Gasteiger partial charge >= 0.3 is 0 Å². The summed E-state index contributed by atoms with van der Waals surface area (Å²) >= 11 is 0. The number of hydrogen-bond acceptors (Lipinski definition) is 2. The van der Waals surface area contributed by atoms with Crippen LogP contribution in [-0.2, 0) is 4.79 Å². The molecule has 124 valence electrons. The van der Waals surface area contributed by atoms with E-state index in [0.717, 1.165) is 29.9 Å². The monoisotopic (exact) mass is 312 g/mol. The molecule has 0 aliphatic rings. The highest BCUT2D eigenvalue weighted by molar-refractivity contribution is 5.93. The van der Waals surface area contributed by atoms with E-state index in [1.807, 2.05) is 68.4 Å². The van der Waals surface area contributed by atoms with Crippen LogP contribution in [0, 0.1) is 13.8 Å². The van der Waals surface area contributed by atoms with Crippen LogP contribution in [0.3, 0.4) is 0 Å². The number of aryl methyl sites for hydroxylation is 2. The maximum atomic E-state index is 11.9. The first-order valence-electron chi connectivity index (χ1n) is 8.16. The molecular formula is C20H28N2O. The van der Waals surface area contributed by atoms with Gasteiger partial charge in [-0.15, -0.1) is 0 Å². The average Bonchev–Trinajstić information content (AvgIpc) is 2.58. The topological polar surface area (TPSA) is 32.3 Å². The van der Waals surface area contributed by atoms with Crippen molar-refractivity contribution in [3.63, 3.8) is 0 Å². The van der Waals surface area contributed by atoms with E-state index in [0.29, 0.717) is 6.54 Å². The van der Waals surface area contributed by atoms with E-state index in [1.54, 1.807) is 0 Å². The molecule has 0 aromatic heterocycles. The summed E-state index contributed by atoms with van der Waals surface area (Å²) in [4.78, 5) is 14.0. The number of nitrogens with zero attached hydrogens (tertiary/aromatic N) is 1. The molecule has 0 saturated carbocycles. The molecular weight excluding hydrogens is 284 g/mol. The highest BCUT2D eigenvalue weighted by Crippen LogP contribution is 2.19. The van der Waals surface area contributed by atoms with Gasteiger partial charge < -0.3 is 5.32 Å². The second kappa shape index (κ2) is 10.6. The van der Waals surface area contributed by atoms with Gasteiger partial charge in [-0.3, -0.25) is 9.69 Å². The molecule has 1 amide bonds. The molecule has 2 aromatic carbocycles. The number of anilines is 1. The van der Waals surface area contributed by atoms with Crippen LogP contribution in [0.4, 0.5) is 5.69 Å². The third-order valence-electron chi connectivity index (χ3n) is 3.67. The van der Waals surface area contributed by atoms with Crippen molar-refractivity contribution in [2.45, 2.75) is 27.7 Å². The number of para-hydroxylation sites is 1. The number of benzene rings is 2. The van der Waals surface area contributed by atoms with E-state index in [1.165, 1.54) is 0 Å². The lowest BCUT2D eigenvalue weighted by molar-refractivity contribution is -0.117. The summed E-state index contributed by atoms with van der Waals surface area (Å²) < 4.78 is 0. The fraction of sp³-hybridized carbons (Fsp3) is 0.350. The van der Waals surface area contributed by atoms with Gasteiger partial charge in [0.15, 0.2) is 0 Å². The zero-order valence-electron chi connectivity index (χ0n) is 14.7. The maximum absolute atomic E-state index is 11.9. The van der Waals surface area contributed by atoms with Crippen LogP contribution < -0.4 is 5.32 Å². The molecule has 0 atom stereocenters. The summed E-state index contributed by atoms with van der Waals surface area (Å²) in [6.07, 6.45) is 0. The van der Waals surface area contributed by atoms with E-state index < -0.39 is 0 Å². The Balaban J connectivity index is 0.000000366. The minimum atomic E-state index is 0.0612. The van der Waals surface area contributed by atoms with Crippen LogP contribution in [0.2, 0.25) is 0 Å². The molecule has 23 heavy (non-hydrogen) atoms. The van der Waals surface area contributed by atoms with E-state index in [4.69, 9.17) is 0 Å². The lowest BCUT2D eigenvalue weighted by Gasteiger charge is -2.18. The molecule has 1 N–H and O–H groups in total. The number of hydrogen-bond donors (Lipinski definition) is 1.